The molecule has 0 atom stereocenters. The second-order valence-electron chi connectivity index (χ2n) is 6.54. The van der Waals surface area contributed by atoms with Crippen LogP contribution in [0.5, 0.6) is 0 Å². The van der Waals surface area contributed by atoms with Crippen molar-refractivity contribution in [3.05, 3.63) is 51.3 Å². The van der Waals surface area contributed by atoms with Crippen LogP contribution in [0.15, 0.2) is 24.3 Å². The number of fused-ring (bicyclic) bond motifs is 1. The van der Waals surface area contributed by atoms with Crippen LogP contribution in [0.1, 0.15) is 52.4 Å². The van der Waals surface area contributed by atoms with Gasteiger partial charge in [0, 0.05) is 16.3 Å². The molecule has 0 fully saturated rings. The molecule has 2 heterocycles. The lowest BCUT2D eigenvalue weighted by Gasteiger charge is -2.09. The van der Waals surface area contributed by atoms with Crippen LogP contribution in [0.2, 0.25) is 5.02 Å². The van der Waals surface area contributed by atoms with Crippen molar-refractivity contribution >= 4 is 44.7 Å². The molecule has 0 saturated carbocycles. The van der Waals surface area contributed by atoms with Gasteiger partial charge < -0.3 is 5.11 Å². The second-order valence-corrected chi connectivity index (χ2v) is 8.01. The number of rotatable bonds is 4. The highest BCUT2D eigenvalue weighted by Gasteiger charge is 2.16. The van der Waals surface area contributed by atoms with Gasteiger partial charge in [0.15, 0.2) is 5.69 Å². The molecule has 0 aliphatic heterocycles. The Morgan fingerprint density at radius 2 is 2.19 bits per heavy atom. The highest BCUT2D eigenvalue weighted by Crippen LogP contribution is 2.35. The molecule has 7 heteroatoms. The number of benzene rings is 1. The molecule has 1 aromatic carbocycles. The van der Waals surface area contributed by atoms with Crippen molar-refractivity contribution in [1.29, 1.82) is 0 Å². The third-order valence-corrected chi connectivity index (χ3v) is 5.92. The van der Waals surface area contributed by atoms with E-state index in [-0.39, 0.29) is 5.69 Å². The predicted molar refractivity (Wildman–Crippen MR) is 104 cm³/mol. The summed E-state index contributed by atoms with van der Waals surface area (Å²) in [6.45, 7) is 2.29. The lowest BCUT2D eigenvalue weighted by atomic mass is 10.0. The predicted octanol–water partition coefficient (Wildman–Crippen LogP) is 5.16. The Morgan fingerprint density at radius 3 is 2.88 bits per heavy atom. The van der Waals surface area contributed by atoms with Crippen LogP contribution in [0.3, 0.4) is 0 Å². The first-order chi connectivity index (χ1) is 12.5. The molecule has 0 saturated heterocycles. The van der Waals surface area contributed by atoms with Crippen molar-refractivity contribution in [3.8, 4) is 0 Å². The number of carboxylic acid groups (broad SMARTS) is 1. The number of thiazole rings is 1. The quantitative estimate of drug-likeness (QED) is 0.671. The second kappa shape index (κ2) is 6.85. The molecule has 0 unspecified atom stereocenters. The number of carboxylic acids is 1. The van der Waals surface area contributed by atoms with Gasteiger partial charge in [-0.3, -0.25) is 4.68 Å². The van der Waals surface area contributed by atoms with Gasteiger partial charge in [-0.2, -0.15) is 5.10 Å². The third kappa shape index (κ3) is 3.27. The van der Waals surface area contributed by atoms with E-state index in [0.29, 0.717) is 11.6 Å². The van der Waals surface area contributed by atoms with Crippen molar-refractivity contribution in [1.82, 2.24) is 14.8 Å². The largest absolute Gasteiger partial charge is 0.476 e. The Bertz CT molecular complexity index is 1040. The van der Waals surface area contributed by atoms with E-state index in [4.69, 9.17) is 21.7 Å². The van der Waals surface area contributed by atoms with Crippen LogP contribution in [-0.2, 0) is 6.54 Å². The maximum absolute atomic E-state index is 11.1. The molecule has 0 amide bonds. The third-order valence-electron chi connectivity index (χ3n) is 4.62. The molecule has 0 bridgehead atoms. The standard InChI is InChI=1S/C19H18ClN3O2S/c1-11-7-15(19(24)25)22-23(11)10-13-8-14(20)9-16-17(13)21-18(26-16)12-5-3-2-4-6-12/h5,7-9H,2-4,6,10H2,1H3,(H,24,25). The summed E-state index contributed by atoms with van der Waals surface area (Å²) >= 11 is 7.99. The number of aryl methyl sites for hydroxylation is 1. The smallest absolute Gasteiger partial charge is 0.356 e. The molecular weight excluding hydrogens is 370 g/mol. The van der Waals surface area contributed by atoms with E-state index >= 15 is 0 Å². The number of aromatic nitrogens is 3. The zero-order valence-electron chi connectivity index (χ0n) is 14.3. The first kappa shape index (κ1) is 17.2. The normalized spacial score (nSPS) is 14.6. The fourth-order valence-electron chi connectivity index (χ4n) is 3.29. The van der Waals surface area contributed by atoms with Crippen LogP contribution in [0, 0.1) is 6.92 Å². The fraction of sp³-hybridized carbons (Fsp3) is 0.316. The summed E-state index contributed by atoms with van der Waals surface area (Å²) in [5.74, 6) is -1.02. The van der Waals surface area contributed by atoms with E-state index in [9.17, 15) is 4.79 Å². The average Bonchev–Trinajstić information content (AvgIpc) is 3.20. The van der Waals surface area contributed by atoms with Crippen molar-refractivity contribution in [3.63, 3.8) is 0 Å². The number of nitrogens with zero attached hydrogens (tertiary/aromatic N) is 3. The van der Waals surface area contributed by atoms with Crippen LogP contribution in [-0.4, -0.2) is 25.8 Å². The van der Waals surface area contributed by atoms with Crippen molar-refractivity contribution in [2.24, 2.45) is 0 Å². The maximum Gasteiger partial charge on any atom is 0.356 e. The van der Waals surface area contributed by atoms with E-state index in [2.05, 4.69) is 11.2 Å². The summed E-state index contributed by atoms with van der Waals surface area (Å²) in [7, 11) is 0. The number of halogens is 1. The number of hydrogen-bond donors (Lipinski definition) is 1. The summed E-state index contributed by atoms with van der Waals surface area (Å²) in [6, 6.07) is 5.41. The van der Waals surface area contributed by atoms with E-state index in [1.165, 1.54) is 18.4 Å². The number of carbonyl (C=O) groups is 1. The van der Waals surface area contributed by atoms with Gasteiger partial charge in [-0.05, 0) is 56.4 Å². The summed E-state index contributed by atoms with van der Waals surface area (Å²) in [4.78, 5) is 16.0. The van der Waals surface area contributed by atoms with Crippen molar-refractivity contribution < 1.29 is 9.90 Å². The molecule has 26 heavy (non-hydrogen) atoms. The molecule has 0 radical (unpaired) electrons. The van der Waals surface area contributed by atoms with Crippen LogP contribution >= 0.6 is 22.9 Å². The molecule has 3 aromatic rings. The summed E-state index contributed by atoms with van der Waals surface area (Å²) in [6.07, 6.45) is 6.93. The van der Waals surface area contributed by atoms with E-state index in [1.54, 1.807) is 22.1 Å². The highest BCUT2D eigenvalue weighted by atomic mass is 35.5. The Labute approximate surface area is 159 Å². The first-order valence-corrected chi connectivity index (χ1v) is 9.77. The Balaban J connectivity index is 1.76. The number of aromatic carboxylic acids is 1. The minimum Gasteiger partial charge on any atom is -0.476 e. The summed E-state index contributed by atoms with van der Waals surface area (Å²) < 4.78 is 2.74. The molecular formula is C19H18ClN3O2S. The van der Waals surface area contributed by atoms with Crippen molar-refractivity contribution in [2.45, 2.75) is 39.2 Å². The zero-order chi connectivity index (χ0) is 18.3. The number of hydrogen-bond acceptors (Lipinski definition) is 4. The van der Waals surface area contributed by atoms with Gasteiger partial charge in [0.05, 0.1) is 16.8 Å². The monoisotopic (exact) mass is 387 g/mol. The molecule has 1 aliphatic carbocycles. The van der Waals surface area contributed by atoms with Gasteiger partial charge in [-0.1, -0.05) is 17.7 Å². The molecule has 134 valence electrons. The molecule has 0 spiro atoms. The van der Waals surface area contributed by atoms with Crippen LogP contribution in [0.25, 0.3) is 15.8 Å². The van der Waals surface area contributed by atoms with E-state index in [0.717, 1.165) is 39.3 Å². The molecule has 1 aliphatic rings. The minimum absolute atomic E-state index is 0.0482. The minimum atomic E-state index is -1.02. The van der Waals surface area contributed by atoms with Crippen molar-refractivity contribution in [2.75, 3.05) is 0 Å². The van der Waals surface area contributed by atoms with Gasteiger partial charge in [-0.15, -0.1) is 11.3 Å². The SMILES string of the molecule is Cc1cc(C(=O)O)nn1Cc1cc(Cl)cc2sc(C3=CCCCC3)nc12. The topological polar surface area (TPSA) is 68.0 Å². The van der Waals surface area contributed by atoms with Gasteiger partial charge in [0.2, 0.25) is 0 Å². The highest BCUT2D eigenvalue weighted by molar-refractivity contribution is 7.19. The van der Waals surface area contributed by atoms with E-state index < -0.39 is 5.97 Å². The molecule has 5 nitrogen and oxygen atoms in total. The first-order valence-electron chi connectivity index (χ1n) is 8.57. The zero-order valence-corrected chi connectivity index (χ0v) is 15.9. The van der Waals surface area contributed by atoms with Crippen LogP contribution in [0.4, 0.5) is 0 Å². The van der Waals surface area contributed by atoms with Gasteiger partial charge >= 0.3 is 5.97 Å². The van der Waals surface area contributed by atoms with Gasteiger partial charge in [0.1, 0.15) is 5.01 Å². The lowest BCUT2D eigenvalue weighted by Crippen LogP contribution is -2.06. The average molecular weight is 388 g/mol. The summed E-state index contributed by atoms with van der Waals surface area (Å²) in [5.41, 5.74) is 4.04. The van der Waals surface area contributed by atoms with Gasteiger partial charge in [-0.25, -0.2) is 9.78 Å². The Kier molecular flexibility index (Phi) is 4.54. The summed E-state index contributed by atoms with van der Waals surface area (Å²) in [5, 5.41) is 15.0. The number of allylic oxidation sites excluding steroid dienone is 2. The Morgan fingerprint density at radius 1 is 1.35 bits per heavy atom. The Hall–Kier alpha value is -2.18. The molecule has 4 rings (SSSR count). The lowest BCUT2D eigenvalue weighted by molar-refractivity contribution is 0.0689. The fourth-order valence-corrected chi connectivity index (χ4v) is 4.71. The van der Waals surface area contributed by atoms with Crippen LogP contribution < -0.4 is 0 Å². The maximum atomic E-state index is 11.1. The van der Waals surface area contributed by atoms with E-state index in [1.807, 2.05) is 19.1 Å². The van der Waals surface area contributed by atoms with Gasteiger partial charge in [0.25, 0.3) is 0 Å². The molecule has 2 aromatic heterocycles. The molecule has 1 N–H and O–H groups in total.